The summed E-state index contributed by atoms with van der Waals surface area (Å²) >= 11 is 0. The maximum absolute atomic E-state index is 4.90. The molecule has 0 aliphatic heterocycles. The van der Waals surface area contributed by atoms with Crippen LogP contribution in [0.2, 0.25) is 0 Å². The highest BCUT2D eigenvalue weighted by molar-refractivity contribution is 6.18. The molecule has 0 amide bonds. The van der Waals surface area contributed by atoms with E-state index in [4.69, 9.17) is 19.9 Å². The molecular formula is C64H42N6. The Labute approximate surface area is 403 Å². The second-order valence-electron chi connectivity index (χ2n) is 19.5. The molecule has 6 aromatic heterocycles. The van der Waals surface area contributed by atoms with E-state index in [0.717, 1.165) is 65.3 Å². The van der Waals surface area contributed by atoms with Gasteiger partial charge in [0.15, 0.2) is 0 Å². The number of fused-ring (bicyclic) bond motifs is 14. The molecule has 3 aliphatic rings. The minimum absolute atomic E-state index is 0.182. The quantitative estimate of drug-likeness (QED) is 0.165. The lowest BCUT2D eigenvalue weighted by molar-refractivity contribution is 0.781. The minimum atomic E-state index is 0.182. The second-order valence-corrected chi connectivity index (χ2v) is 19.5. The van der Waals surface area contributed by atoms with Crippen molar-refractivity contribution in [3.63, 3.8) is 0 Å². The predicted molar refractivity (Wildman–Crippen MR) is 284 cm³/mol. The molecule has 0 N–H and O–H groups in total. The monoisotopic (exact) mass is 894 g/mol. The average molecular weight is 895 g/mol. The van der Waals surface area contributed by atoms with Crippen LogP contribution in [0.4, 0.5) is 0 Å². The summed E-state index contributed by atoms with van der Waals surface area (Å²) in [7, 11) is 0. The lowest BCUT2D eigenvalue weighted by Crippen LogP contribution is -2.16. The number of rotatable bonds is 4. The lowest BCUT2D eigenvalue weighted by atomic mass is 9.74. The average Bonchev–Trinajstić information content (AvgIpc) is 3.94. The van der Waals surface area contributed by atoms with E-state index in [9.17, 15) is 0 Å². The predicted octanol–water partition coefficient (Wildman–Crippen LogP) is 14.7. The van der Waals surface area contributed by atoms with Gasteiger partial charge in [0, 0.05) is 74.4 Å². The molecular weight excluding hydrogens is 853 g/mol. The van der Waals surface area contributed by atoms with E-state index in [1.165, 1.54) is 116 Å². The zero-order valence-electron chi connectivity index (χ0n) is 38.2. The number of para-hydroxylation sites is 2. The maximum atomic E-state index is 4.90. The maximum Gasteiger partial charge on any atom is 0.0970 e. The molecule has 7 aromatic carbocycles. The minimum Gasteiger partial charge on any atom is -0.309 e. The summed E-state index contributed by atoms with van der Waals surface area (Å²) in [5.74, 6) is 0.182. The third-order valence-electron chi connectivity index (χ3n) is 16.0. The Hall–Kier alpha value is -8.74. The molecule has 1 unspecified atom stereocenters. The molecule has 6 heterocycles. The molecule has 0 saturated heterocycles. The second kappa shape index (κ2) is 14.4. The molecule has 0 spiro atoms. The summed E-state index contributed by atoms with van der Waals surface area (Å²) < 4.78 is 5.13. The van der Waals surface area contributed by atoms with Crippen LogP contribution < -0.4 is 0 Å². The summed E-state index contributed by atoms with van der Waals surface area (Å²) in [5, 5.41) is 7.49. The summed E-state index contributed by atoms with van der Waals surface area (Å²) in [6.07, 6.45) is 12.4. The van der Waals surface area contributed by atoms with Gasteiger partial charge in [0.05, 0.1) is 44.5 Å². The van der Waals surface area contributed by atoms with Gasteiger partial charge in [0.25, 0.3) is 0 Å². The molecule has 0 saturated carbocycles. The van der Waals surface area contributed by atoms with Crippen molar-refractivity contribution in [3.8, 4) is 45.0 Å². The van der Waals surface area contributed by atoms with Crippen LogP contribution in [0, 0.1) is 0 Å². The van der Waals surface area contributed by atoms with E-state index in [0.29, 0.717) is 0 Å². The Bertz CT molecular complexity index is 4390. The van der Waals surface area contributed by atoms with E-state index < -0.39 is 0 Å². The molecule has 0 radical (unpaired) electrons. The van der Waals surface area contributed by atoms with Crippen molar-refractivity contribution in [2.75, 3.05) is 0 Å². The molecule has 16 rings (SSSR count). The molecule has 328 valence electrons. The number of aromatic nitrogens is 6. The molecule has 1 atom stereocenters. The van der Waals surface area contributed by atoms with Crippen molar-refractivity contribution >= 4 is 65.4 Å². The number of hydrogen-bond acceptors (Lipinski definition) is 4. The Kier molecular flexibility index (Phi) is 7.86. The Morgan fingerprint density at radius 3 is 1.73 bits per heavy atom. The van der Waals surface area contributed by atoms with Crippen molar-refractivity contribution in [2.45, 2.75) is 38.0 Å². The highest BCUT2D eigenvalue weighted by atomic mass is 15.0. The van der Waals surface area contributed by atoms with Crippen LogP contribution in [0.3, 0.4) is 0 Å². The first-order chi connectivity index (χ1) is 34.7. The fourth-order valence-electron chi connectivity index (χ4n) is 13.1. The highest BCUT2D eigenvalue weighted by Gasteiger charge is 2.34. The van der Waals surface area contributed by atoms with Crippen molar-refractivity contribution in [2.24, 2.45) is 0 Å². The summed E-state index contributed by atoms with van der Waals surface area (Å²) in [4.78, 5) is 19.3. The van der Waals surface area contributed by atoms with Crippen LogP contribution in [-0.4, -0.2) is 29.1 Å². The standard InChI is InChI=1S/C64H42N6/c1-3-13-43(14-4-1)69-55-25-21-37(49-35-41-11-7-27-65-59(41)61-45(49)17-9-29-67-61)31-51(55)53-33-39-19-20-40-34-54-52-32-38(50-36-42-12-8-28-66-60(42)62-46(50)18-10-30-68-62)22-26-56(52)70(44-15-5-2-6-16-44)64(54)48-24-23-47(63(53)69)57(39)58(40)48/h1-18,21-22,25-35,50H,19-20,23-24,36H2. The first-order valence-electron chi connectivity index (χ1n) is 24.6. The van der Waals surface area contributed by atoms with Gasteiger partial charge in [-0.3, -0.25) is 19.9 Å². The molecule has 70 heavy (non-hydrogen) atoms. The topological polar surface area (TPSA) is 61.4 Å². The SMILES string of the molecule is c1ccc(-n2c3ccc(-c4cc5cccnc5c5ncccc45)cc3c3cc4c5c(c32)CCc2c-5c(cc3c5cc(C6Cc7cccnc7-c7ncccc76)ccc5n(-c5ccccc5)c23)CC4)cc1. The van der Waals surface area contributed by atoms with Crippen LogP contribution >= 0.6 is 0 Å². The van der Waals surface area contributed by atoms with E-state index in [1.807, 2.05) is 36.9 Å². The number of aryl methyl sites for hydroxylation is 4. The third-order valence-corrected chi connectivity index (χ3v) is 16.0. The fraction of sp³-hybridized carbons (Fsp3) is 0.0938. The van der Waals surface area contributed by atoms with Crippen molar-refractivity contribution in [1.29, 1.82) is 0 Å². The first-order valence-corrected chi connectivity index (χ1v) is 24.6. The van der Waals surface area contributed by atoms with Crippen LogP contribution in [-0.2, 0) is 32.1 Å². The zero-order chi connectivity index (χ0) is 45.6. The van der Waals surface area contributed by atoms with Gasteiger partial charge in [0.1, 0.15) is 0 Å². The van der Waals surface area contributed by atoms with Gasteiger partial charge in [-0.15, -0.1) is 0 Å². The van der Waals surface area contributed by atoms with Gasteiger partial charge in [-0.2, -0.15) is 0 Å². The smallest absolute Gasteiger partial charge is 0.0970 e. The molecule has 0 fully saturated rings. The fourth-order valence-corrected chi connectivity index (χ4v) is 13.1. The number of benzene rings is 7. The molecule has 3 aliphatic carbocycles. The van der Waals surface area contributed by atoms with Gasteiger partial charge in [-0.1, -0.05) is 72.8 Å². The Balaban J connectivity index is 0.939. The normalized spacial score (nSPS) is 14.7. The first kappa shape index (κ1) is 38.3. The van der Waals surface area contributed by atoms with Crippen LogP contribution in [0.1, 0.15) is 44.9 Å². The van der Waals surface area contributed by atoms with E-state index in [2.05, 4.69) is 161 Å². The summed E-state index contributed by atoms with van der Waals surface area (Å²) in [5.41, 5.74) is 26.4. The van der Waals surface area contributed by atoms with E-state index >= 15 is 0 Å². The van der Waals surface area contributed by atoms with Crippen molar-refractivity contribution in [3.05, 3.63) is 228 Å². The third kappa shape index (κ3) is 5.28. The van der Waals surface area contributed by atoms with Crippen molar-refractivity contribution in [1.82, 2.24) is 29.1 Å². The summed E-state index contributed by atoms with van der Waals surface area (Å²) in [6, 6.07) is 60.9. The molecule has 13 aromatic rings. The molecule has 0 bridgehead atoms. The number of pyridine rings is 4. The molecule has 6 nitrogen and oxygen atoms in total. The summed E-state index contributed by atoms with van der Waals surface area (Å²) in [6.45, 7) is 0. The van der Waals surface area contributed by atoms with Gasteiger partial charge in [-0.25, -0.2) is 0 Å². The lowest BCUT2D eigenvalue weighted by Gasteiger charge is -2.31. The largest absolute Gasteiger partial charge is 0.309 e. The highest BCUT2D eigenvalue weighted by Crippen LogP contribution is 2.52. The Morgan fingerprint density at radius 1 is 0.414 bits per heavy atom. The van der Waals surface area contributed by atoms with Crippen LogP contribution in [0.25, 0.3) is 110 Å². The van der Waals surface area contributed by atoms with Crippen LogP contribution in [0.5, 0.6) is 0 Å². The van der Waals surface area contributed by atoms with E-state index in [-0.39, 0.29) is 5.92 Å². The van der Waals surface area contributed by atoms with Gasteiger partial charge >= 0.3 is 0 Å². The Morgan fingerprint density at radius 2 is 1.01 bits per heavy atom. The molecule has 6 heteroatoms. The van der Waals surface area contributed by atoms with Crippen molar-refractivity contribution < 1.29 is 0 Å². The van der Waals surface area contributed by atoms with E-state index in [1.54, 1.807) is 0 Å². The van der Waals surface area contributed by atoms with Gasteiger partial charge in [0.2, 0.25) is 0 Å². The van der Waals surface area contributed by atoms with Crippen LogP contribution in [0.15, 0.2) is 189 Å². The zero-order valence-corrected chi connectivity index (χ0v) is 38.2. The number of nitrogens with zero attached hydrogens (tertiary/aromatic N) is 6. The number of hydrogen-bond donors (Lipinski definition) is 0. The van der Waals surface area contributed by atoms with Gasteiger partial charge < -0.3 is 9.13 Å². The van der Waals surface area contributed by atoms with Gasteiger partial charge in [-0.05, 0) is 184 Å².